The number of amides is 1. The Kier molecular flexibility index (Phi) is 6.44. The first-order valence-electron chi connectivity index (χ1n) is 9.94. The third-order valence-corrected chi connectivity index (χ3v) is 4.91. The van der Waals surface area contributed by atoms with Gasteiger partial charge in [0.25, 0.3) is 5.56 Å². The van der Waals surface area contributed by atoms with Gasteiger partial charge in [-0.25, -0.2) is 4.68 Å². The van der Waals surface area contributed by atoms with E-state index in [1.165, 1.54) is 29.2 Å². The summed E-state index contributed by atoms with van der Waals surface area (Å²) in [5.74, 6) is 0.376. The number of nitrogens with one attached hydrogen (secondary N) is 1. The summed E-state index contributed by atoms with van der Waals surface area (Å²) in [6.07, 6.45) is 7.89. The van der Waals surface area contributed by atoms with Crippen LogP contribution in [0.4, 0.5) is 0 Å². The minimum atomic E-state index is -0.335. The Hall–Kier alpha value is -2.70. The fraction of sp³-hybridized carbons (Fsp3) is 0.524. The van der Waals surface area contributed by atoms with Crippen molar-refractivity contribution in [1.29, 1.82) is 0 Å². The topological polar surface area (TPSA) is 90.0 Å². The van der Waals surface area contributed by atoms with E-state index in [-0.39, 0.29) is 23.9 Å². The van der Waals surface area contributed by atoms with E-state index in [1.54, 1.807) is 6.07 Å². The van der Waals surface area contributed by atoms with Crippen LogP contribution in [0.3, 0.4) is 0 Å². The van der Waals surface area contributed by atoms with Gasteiger partial charge in [-0.1, -0.05) is 30.7 Å². The van der Waals surface area contributed by atoms with E-state index in [0.717, 1.165) is 25.0 Å². The molecule has 0 fully saturated rings. The lowest BCUT2D eigenvalue weighted by atomic mass is 9.97. The van der Waals surface area contributed by atoms with Gasteiger partial charge in [-0.3, -0.25) is 9.59 Å². The number of rotatable bonds is 7. The lowest BCUT2D eigenvalue weighted by Crippen LogP contribution is -2.34. The number of allylic oxidation sites excluding steroid dienone is 1. The highest BCUT2D eigenvalue weighted by Gasteiger charge is 2.18. The summed E-state index contributed by atoms with van der Waals surface area (Å²) < 4.78 is 6.52. The molecule has 3 rings (SSSR count). The van der Waals surface area contributed by atoms with Crippen LogP contribution in [0.1, 0.15) is 63.3 Å². The number of aromatic nitrogens is 3. The average Bonchev–Trinajstić information content (AvgIpc) is 3.10. The van der Waals surface area contributed by atoms with E-state index in [9.17, 15) is 9.59 Å². The molecular weight excluding hydrogens is 356 g/mol. The number of hydrogen-bond acceptors (Lipinski definition) is 5. The molecule has 0 aliphatic heterocycles. The predicted octanol–water partition coefficient (Wildman–Crippen LogP) is 3.34. The maximum Gasteiger partial charge on any atom is 0.267 e. The Morgan fingerprint density at radius 3 is 2.79 bits per heavy atom. The van der Waals surface area contributed by atoms with Gasteiger partial charge in [0.05, 0.1) is 11.4 Å². The summed E-state index contributed by atoms with van der Waals surface area (Å²) in [5, 5.41) is 11.2. The van der Waals surface area contributed by atoms with Gasteiger partial charge in [-0.2, -0.15) is 5.10 Å². The number of nitrogens with zero attached hydrogens (tertiary/aromatic N) is 3. The molecule has 7 nitrogen and oxygen atoms in total. The number of carbonyl (C=O) groups excluding carboxylic acids is 1. The van der Waals surface area contributed by atoms with Crippen molar-refractivity contribution in [3.63, 3.8) is 0 Å². The van der Waals surface area contributed by atoms with Gasteiger partial charge in [0, 0.05) is 24.2 Å². The molecule has 0 spiro atoms. The summed E-state index contributed by atoms with van der Waals surface area (Å²) in [7, 11) is 0. The van der Waals surface area contributed by atoms with E-state index < -0.39 is 0 Å². The molecule has 0 atom stereocenters. The normalized spacial score (nSPS) is 14.2. The second-order valence-electron chi connectivity index (χ2n) is 7.63. The molecule has 2 heterocycles. The fourth-order valence-electron chi connectivity index (χ4n) is 3.42. The summed E-state index contributed by atoms with van der Waals surface area (Å²) in [4.78, 5) is 24.8. The van der Waals surface area contributed by atoms with E-state index in [4.69, 9.17) is 4.52 Å². The number of hydrogen-bond donors (Lipinski definition) is 1. The van der Waals surface area contributed by atoms with Crippen molar-refractivity contribution in [3.05, 3.63) is 45.5 Å². The summed E-state index contributed by atoms with van der Waals surface area (Å²) in [6, 6.07) is 3.25. The van der Waals surface area contributed by atoms with Crippen LogP contribution in [0.5, 0.6) is 0 Å². The smallest absolute Gasteiger partial charge is 0.267 e. The van der Waals surface area contributed by atoms with Gasteiger partial charge in [-0.05, 0) is 44.9 Å². The summed E-state index contributed by atoms with van der Waals surface area (Å²) >= 11 is 0. The first-order valence-corrected chi connectivity index (χ1v) is 9.94. The molecule has 0 bridgehead atoms. The Morgan fingerprint density at radius 2 is 2.14 bits per heavy atom. The molecule has 0 radical (unpaired) electrons. The van der Waals surface area contributed by atoms with Crippen LogP contribution in [-0.2, 0) is 11.3 Å². The van der Waals surface area contributed by atoms with Crippen LogP contribution >= 0.6 is 0 Å². The lowest BCUT2D eigenvalue weighted by Gasteiger charge is -2.14. The highest BCUT2D eigenvalue weighted by atomic mass is 16.5. The minimum Gasteiger partial charge on any atom is -0.356 e. The van der Waals surface area contributed by atoms with Crippen molar-refractivity contribution in [3.8, 4) is 11.3 Å². The highest BCUT2D eigenvalue weighted by Crippen LogP contribution is 2.26. The molecule has 0 saturated heterocycles. The SMILES string of the molecule is Cc1cc(-c2cc(=O)n(CC(=O)NCCC3=CCCCC3)nc2C(C)C)on1. The average molecular weight is 384 g/mol. The Bertz CT molecular complexity index is 924. The maximum atomic E-state index is 12.5. The third kappa shape index (κ3) is 4.97. The van der Waals surface area contributed by atoms with Crippen molar-refractivity contribution in [2.45, 2.75) is 65.3 Å². The van der Waals surface area contributed by atoms with Gasteiger partial charge in [0.15, 0.2) is 5.76 Å². The minimum absolute atomic E-state index is 0.0635. The molecule has 1 aliphatic rings. The molecule has 2 aromatic rings. The van der Waals surface area contributed by atoms with Crippen molar-refractivity contribution in [1.82, 2.24) is 20.3 Å². The number of aryl methyl sites for hydroxylation is 1. The van der Waals surface area contributed by atoms with Crippen LogP contribution in [0, 0.1) is 6.92 Å². The van der Waals surface area contributed by atoms with E-state index in [0.29, 0.717) is 23.6 Å². The van der Waals surface area contributed by atoms with Gasteiger partial charge < -0.3 is 9.84 Å². The van der Waals surface area contributed by atoms with Crippen molar-refractivity contribution >= 4 is 5.91 Å². The zero-order valence-electron chi connectivity index (χ0n) is 16.8. The zero-order chi connectivity index (χ0) is 20.1. The molecule has 1 aliphatic carbocycles. The zero-order valence-corrected chi connectivity index (χ0v) is 16.8. The molecule has 0 saturated carbocycles. The molecule has 2 aromatic heterocycles. The molecule has 1 N–H and O–H groups in total. The van der Waals surface area contributed by atoms with E-state index >= 15 is 0 Å². The predicted molar refractivity (Wildman–Crippen MR) is 107 cm³/mol. The standard InChI is InChI=1S/C21H28N4O3/c1-14(2)21-17(18-11-15(3)24-28-18)12-20(27)25(23-21)13-19(26)22-10-9-16-7-5-4-6-8-16/h7,11-12,14H,4-6,8-10,13H2,1-3H3,(H,22,26). The molecule has 28 heavy (non-hydrogen) atoms. The van der Waals surface area contributed by atoms with Crippen LogP contribution < -0.4 is 10.9 Å². The lowest BCUT2D eigenvalue weighted by molar-refractivity contribution is -0.121. The molecule has 0 unspecified atom stereocenters. The second kappa shape index (κ2) is 8.99. The Labute approximate surface area is 164 Å². The molecule has 150 valence electrons. The first kappa shape index (κ1) is 20.0. The van der Waals surface area contributed by atoms with E-state index in [1.807, 2.05) is 20.8 Å². The summed E-state index contributed by atoms with van der Waals surface area (Å²) in [5.41, 5.74) is 3.15. The largest absolute Gasteiger partial charge is 0.356 e. The Morgan fingerprint density at radius 1 is 1.32 bits per heavy atom. The molecular formula is C21H28N4O3. The fourth-order valence-corrected chi connectivity index (χ4v) is 3.42. The van der Waals surface area contributed by atoms with Crippen LogP contribution in [0.15, 0.2) is 33.1 Å². The van der Waals surface area contributed by atoms with Gasteiger partial charge >= 0.3 is 0 Å². The monoisotopic (exact) mass is 384 g/mol. The molecule has 7 heteroatoms. The van der Waals surface area contributed by atoms with E-state index in [2.05, 4.69) is 21.6 Å². The summed E-state index contributed by atoms with van der Waals surface area (Å²) in [6.45, 7) is 6.30. The van der Waals surface area contributed by atoms with Crippen LogP contribution in [-0.4, -0.2) is 27.4 Å². The van der Waals surface area contributed by atoms with Crippen molar-refractivity contribution in [2.24, 2.45) is 0 Å². The molecule has 1 amide bonds. The quantitative estimate of drug-likeness (QED) is 0.740. The van der Waals surface area contributed by atoms with Gasteiger partial charge in [-0.15, -0.1) is 0 Å². The third-order valence-electron chi connectivity index (χ3n) is 4.91. The van der Waals surface area contributed by atoms with Crippen molar-refractivity contribution in [2.75, 3.05) is 6.54 Å². The highest BCUT2D eigenvalue weighted by molar-refractivity contribution is 5.75. The van der Waals surface area contributed by atoms with Gasteiger partial charge in [0.1, 0.15) is 6.54 Å². The maximum absolute atomic E-state index is 12.5. The molecule has 0 aromatic carbocycles. The number of carbonyl (C=O) groups is 1. The van der Waals surface area contributed by atoms with Crippen molar-refractivity contribution < 1.29 is 9.32 Å². The second-order valence-corrected chi connectivity index (χ2v) is 7.63. The van der Waals surface area contributed by atoms with Gasteiger partial charge in [0.2, 0.25) is 5.91 Å². The van der Waals surface area contributed by atoms with Crippen LogP contribution in [0.25, 0.3) is 11.3 Å². The Balaban J connectivity index is 1.69. The first-order chi connectivity index (χ1) is 13.4. The van der Waals surface area contributed by atoms with Crippen LogP contribution in [0.2, 0.25) is 0 Å².